The van der Waals surface area contributed by atoms with E-state index in [4.69, 9.17) is 32.7 Å². The van der Waals surface area contributed by atoms with Crippen molar-refractivity contribution in [1.82, 2.24) is 0 Å². The number of hydrogen-bond acceptors (Lipinski definition) is 4. The van der Waals surface area contributed by atoms with Crippen LogP contribution in [0.2, 0.25) is 10.0 Å². The predicted molar refractivity (Wildman–Crippen MR) is 140 cm³/mol. The third-order valence-electron chi connectivity index (χ3n) is 5.27. The van der Waals surface area contributed by atoms with Crippen molar-refractivity contribution in [1.29, 1.82) is 5.26 Å². The van der Waals surface area contributed by atoms with Gasteiger partial charge in [0.15, 0.2) is 11.5 Å². The highest BCUT2D eigenvalue weighted by atomic mass is 35.5. The van der Waals surface area contributed by atoms with E-state index in [0.717, 1.165) is 10.9 Å². The summed E-state index contributed by atoms with van der Waals surface area (Å²) in [4.78, 5) is 12.6. The molecule has 4 aromatic rings. The third-order valence-corrected chi connectivity index (χ3v) is 6.09. The minimum absolute atomic E-state index is 0.104. The number of anilines is 1. The average molecular weight is 503 g/mol. The number of methoxy groups -OCH3 is 1. The molecule has 4 rings (SSSR count). The molecule has 174 valence electrons. The SMILES string of the molecule is COc1cc(/C=C(/C#N)C(=O)Nc2cccc(Cl)c2Cl)ccc1OCc1ccc2ccccc2c1. The zero-order chi connectivity index (χ0) is 24.8. The Kier molecular flexibility index (Phi) is 7.57. The molecule has 0 atom stereocenters. The molecule has 0 aliphatic carbocycles. The number of ether oxygens (including phenoxy) is 2. The van der Waals surface area contributed by atoms with Crippen molar-refractivity contribution in [3.05, 3.63) is 106 Å². The normalized spacial score (nSPS) is 11.1. The number of carbonyl (C=O) groups is 1. The molecule has 0 saturated heterocycles. The van der Waals surface area contributed by atoms with E-state index in [2.05, 4.69) is 29.6 Å². The molecular weight excluding hydrogens is 483 g/mol. The van der Waals surface area contributed by atoms with Crippen molar-refractivity contribution < 1.29 is 14.3 Å². The fourth-order valence-corrected chi connectivity index (χ4v) is 3.84. The van der Waals surface area contributed by atoms with Crippen LogP contribution in [0, 0.1) is 11.3 Å². The van der Waals surface area contributed by atoms with E-state index in [0.29, 0.717) is 34.4 Å². The summed E-state index contributed by atoms with van der Waals surface area (Å²) in [6.45, 7) is 0.364. The topological polar surface area (TPSA) is 71.3 Å². The Hall–Kier alpha value is -3.98. The van der Waals surface area contributed by atoms with E-state index in [9.17, 15) is 10.1 Å². The molecule has 1 N–H and O–H groups in total. The van der Waals surface area contributed by atoms with Gasteiger partial charge in [-0.05, 0) is 58.3 Å². The van der Waals surface area contributed by atoms with Gasteiger partial charge in [-0.15, -0.1) is 0 Å². The van der Waals surface area contributed by atoms with Gasteiger partial charge in [0.1, 0.15) is 18.2 Å². The summed E-state index contributed by atoms with van der Waals surface area (Å²) in [5.41, 5.74) is 1.84. The highest BCUT2D eigenvalue weighted by molar-refractivity contribution is 6.44. The molecule has 0 aliphatic rings. The molecule has 0 spiro atoms. The summed E-state index contributed by atoms with van der Waals surface area (Å²) in [5.74, 6) is 0.425. The maximum atomic E-state index is 12.6. The second-order valence-corrected chi connectivity index (χ2v) is 8.39. The molecular formula is C28H20Cl2N2O3. The lowest BCUT2D eigenvalue weighted by molar-refractivity contribution is -0.112. The lowest BCUT2D eigenvalue weighted by atomic mass is 10.1. The number of amides is 1. The maximum absolute atomic E-state index is 12.6. The van der Waals surface area contributed by atoms with E-state index in [1.165, 1.54) is 18.6 Å². The third kappa shape index (κ3) is 5.75. The lowest BCUT2D eigenvalue weighted by Gasteiger charge is -2.12. The van der Waals surface area contributed by atoms with Crippen molar-refractivity contribution in [2.45, 2.75) is 6.61 Å². The number of nitrogens with zero attached hydrogens (tertiary/aromatic N) is 1. The van der Waals surface area contributed by atoms with Gasteiger partial charge in [-0.25, -0.2) is 0 Å². The van der Waals surface area contributed by atoms with Crippen molar-refractivity contribution in [3.63, 3.8) is 0 Å². The smallest absolute Gasteiger partial charge is 0.266 e. The minimum Gasteiger partial charge on any atom is -0.493 e. The first-order valence-electron chi connectivity index (χ1n) is 10.6. The van der Waals surface area contributed by atoms with Crippen LogP contribution in [0.25, 0.3) is 16.8 Å². The van der Waals surface area contributed by atoms with Crippen molar-refractivity contribution in [3.8, 4) is 17.6 Å². The van der Waals surface area contributed by atoms with E-state index < -0.39 is 5.91 Å². The Morgan fingerprint density at radius 2 is 1.77 bits per heavy atom. The van der Waals surface area contributed by atoms with Gasteiger partial charge in [-0.2, -0.15) is 5.26 Å². The Bertz CT molecular complexity index is 1480. The molecule has 0 unspecified atom stereocenters. The van der Waals surface area contributed by atoms with Crippen LogP contribution >= 0.6 is 23.2 Å². The molecule has 0 bridgehead atoms. The molecule has 0 radical (unpaired) electrons. The van der Waals surface area contributed by atoms with Crippen LogP contribution in [0.3, 0.4) is 0 Å². The number of hydrogen-bond donors (Lipinski definition) is 1. The van der Waals surface area contributed by atoms with Crippen LogP contribution < -0.4 is 14.8 Å². The van der Waals surface area contributed by atoms with Gasteiger partial charge in [-0.3, -0.25) is 4.79 Å². The summed E-state index contributed by atoms with van der Waals surface area (Å²) in [7, 11) is 1.53. The molecule has 7 heteroatoms. The largest absolute Gasteiger partial charge is 0.493 e. The Morgan fingerprint density at radius 1 is 0.971 bits per heavy atom. The summed E-state index contributed by atoms with van der Waals surface area (Å²) in [6, 6.07) is 26.3. The number of benzene rings is 4. The Balaban J connectivity index is 1.50. The van der Waals surface area contributed by atoms with Crippen molar-refractivity contribution >= 4 is 51.6 Å². The van der Waals surface area contributed by atoms with E-state index in [1.807, 2.05) is 24.3 Å². The number of halogens is 2. The standard InChI is InChI=1S/C28H20Cl2N2O3/c1-34-26-15-18(13-22(16-31)28(33)32-24-8-4-7-23(29)27(24)30)10-12-25(26)35-17-19-9-11-20-5-2-3-6-21(20)14-19/h2-15H,17H2,1H3,(H,32,33)/b22-13-. The summed E-state index contributed by atoms with van der Waals surface area (Å²) in [6.07, 6.45) is 1.46. The molecule has 0 heterocycles. The Labute approximate surface area is 213 Å². The molecule has 35 heavy (non-hydrogen) atoms. The fourth-order valence-electron chi connectivity index (χ4n) is 3.49. The minimum atomic E-state index is -0.604. The van der Waals surface area contributed by atoms with Gasteiger partial charge in [0, 0.05) is 0 Å². The first-order valence-corrected chi connectivity index (χ1v) is 11.4. The summed E-state index contributed by atoms with van der Waals surface area (Å²) >= 11 is 12.1. The number of nitrogens with one attached hydrogen (secondary N) is 1. The first-order chi connectivity index (χ1) is 17.0. The highest BCUT2D eigenvalue weighted by Gasteiger charge is 2.14. The van der Waals surface area contributed by atoms with Crippen molar-refractivity contribution in [2.75, 3.05) is 12.4 Å². The maximum Gasteiger partial charge on any atom is 0.266 e. The molecule has 0 saturated carbocycles. The highest BCUT2D eigenvalue weighted by Crippen LogP contribution is 2.31. The summed E-state index contributed by atoms with van der Waals surface area (Å²) < 4.78 is 11.5. The Morgan fingerprint density at radius 3 is 2.54 bits per heavy atom. The summed E-state index contributed by atoms with van der Waals surface area (Å²) in [5, 5.41) is 15.0. The van der Waals surface area contributed by atoms with E-state index in [1.54, 1.807) is 36.4 Å². The monoisotopic (exact) mass is 502 g/mol. The number of fused-ring (bicyclic) bond motifs is 1. The number of nitriles is 1. The second kappa shape index (κ2) is 11.0. The quantitative estimate of drug-likeness (QED) is 0.213. The van der Waals surface area contributed by atoms with Gasteiger partial charge in [0.05, 0.1) is 22.8 Å². The molecule has 1 amide bonds. The van der Waals surface area contributed by atoms with Crippen molar-refractivity contribution in [2.24, 2.45) is 0 Å². The predicted octanol–water partition coefficient (Wildman–Crippen LogP) is 7.28. The first kappa shape index (κ1) is 24.2. The number of rotatable bonds is 7. The van der Waals surface area contributed by atoms with Crippen LogP contribution in [0.15, 0.2) is 84.4 Å². The van der Waals surface area contributed by atoms with Gasteiger partial charge < -0.3 is 14.8 Å². The van der Waals surface area contributed by atoms with Crippen LogP contribution in [-0.4, -0.2) is 13.0 Å². The molecule has 5 nitrogen and oxygen atoms in total. The van der Waals surface area contributed by atoms with E-state index >= 15 is 0 Å². The van der Waals surface area contributed by atoms with Gasteiger partial charge >= 0.3 is 0 Å². The zero-order valence-electron chi connectivity index (χ0n) is 18.7. The number of carbonyl (C=O) groups excluding carboxylic acids is 1. The molecule has 4 aromatic carbocycles. The van der Waals surface area contributed by atoms with Gasteiger partial charge in [0.25, 0.3) is 5.91 Å². The van der Waals surface area contributed by atoms with E-state index in [-0.39, 0.29) is 10.6 Å². The van der Waals surface area contributed by atoms with Crippen LogP contribution in [0.4, 0.5) is 5.69 Å². The van der Waals surface area contributed by atoms with Crippen LogP contribution in [-0.2, 0) is 11.4 Å². The fraction of sp³-hybridized carbons (Fsp3) is 0.0714. The van der Waals surface area contributed by atoms with Gasteiger partial charge in [-0.1, -0.05) is 71.7 Å². The zero-order valence-corrected chi connectivity index (χ0v) is 20.2. The molecule has 0 aliphatic heterocycles. The van der Waals surface area contributed by atoms with Crippen LogP contribution in [0.1, 0.15) is 11.1 Å². The lowest BCUT2D eigenvalue weighted by Crippen LogP contribution is -2.13. The molecule has 0 aromatic heterocycles. The second-order valence-electron chi connectivity index (χ2n) is 7.61. The van der Waals surface area contributed by atoms with Gasteiger partial charge in [0.2, 0.25) is 0 Å². The molecule has 0 fully saturated rings. The van der Waals surface area contributed by atoms with Crippen LogP contribution in [0.5, 0.6) is 11.5 Å². The average Bonchev–Trinajstić information content (AvgIpc) is 2.88.